The van der Waals surface area contributed by atoms with Crippen molar-refractivity contribution >= 4 is 17.6 Å². The van der Waals surface area contributed by atoms with E-state index in [0.29, 0.717) is 47.2 Å². The fourth-order valence-corrected chi connectivity index (χ4v) is 3.96. The number of aliphatic hydroxyl groups is 1. The lowest BCUT2D eigenvalue weighted by atomic mass is 9.99. The van der Waals surface area contributed by atoms with E-state index in [-0.39, 0.29) is 30.4 Å². The maximum absolute atomic E-state index is 11.6. The van der Waals surface area contributed by atoms with Crippen molar-refractivity contribution in [2.75, 3.05) is 18.5 Å². The van der Waals surface area contributed by atoms with E-state index in [1.165, 1.54) is 18.2 Å². The summed E-state index contributed by atoms with van der Waals surface area (Å²) in [4.78, 5) is 27.3. The van der Waals surface area contributed by atoms with Gasteiger partial charge in [0.15, 0.2) is 12.4 Å². The summed E-state index contributed by atoms with van der Waals surface area (Å²) in [5.41, 5.74) is 1.12. The molecule has 0 bridgehead atoms. The van der Waals surface area contributed by atoms with Crippen LogP contribution in [0.1, 0.15) is 48.1 Å². The third-order valence-electron chi connectivity index (χ3n) is 6.03. The zero-order valence-electron chi connectivity index (χ0n) is 20.3. The summed E-state index contributed by atoms with van der Waals surface area (Å²) in [5, 5.41) is 40.6. The summed E-state index contributed by atoms with van der Waals surface area (Å²) in [6.07, 6.45) is -0.329. The van der Waals surface area contributed by atoms with Gasteiger partial charge in [-0.25, -0.2) is 14.5 Å². The van der Waals surface area contributed by atoms with Crippen LogP contribution >= 0.6 is 0 Å². The number of ether oxygens (including phenoxy) is 1. The molecule has 3 aromatic rings. The number of carboxylic acid groups (broad SMARTS) is 1. The maximum Gasteiger partial charge on any atom is 0.335 e. The van der Waals surface area contributed by atoms with Crippen LogP contribution in [-0.2, 0) is 11.3 Å². The summed E-state index contributed by atoms with van der Waals surface area (Å²) in [5.74, 6) is 0.0839. The molecule has 0 saturated carbocycles. The minimum absolute atomic E-state index is 0.0841. The maximum atomic E-state index is 11.6. The molecule has 0 saturated heterocycles. The Labute approximate surface area is 207 Å². The minimum atomic E-state index is -1.01. The van der Waals surface area contributed by atoms with Crippen LogP contribution in [0.2, 0.25) is 0 Å². The van der Waals surface area contributed by atoms with Crippen molar-refractivity contribution in [3.63, 3.8) is 0 Å². The number of carbonyl (C=O) groups is 2. The van der Waals surface area contributed by atoms with E-state index in [4.69, 9.17) is 4.74 Å². The van der Waals surface area contributed by atoms with E-state index in [0.717, 1.165) is 0 Å². The highest BCUT2D eigenvalue weighted by molar-refractivity contribution is 5.96. The molecule has 0 radical (unpaired) electrons. The van der Waals surface area contributed by atoms with Gasteiger partial charge in [-0.1, -0.05) is 12.1 Å². The predicted octanol–water partition coefficient (Wildman–Crippen LogP) is 2.48. The van der Waals surface area contributed by atoms with E-state index in [2.05, 4.69) is 20.7 Å². The van der Waals surface area contributed by atoms with Gasteiger partial charge in [-0.2, -0.15) is 5.10 Å². The Hall–Kier alpha value is -3.96. The molecule has 0 fully saturated rings. The first-order valence-corrected chi connectivity index (χ1v) is 11.5. The zero-order valence-corrected chi connectivity index (χ0v) is 20.3. The lowest BCUT2D eigenvalue weighted by molar-refractivity contribution is -0.118. The number of nitrogens with zero attached hydrogens (tertiary/aromatic N) is 3. The summed E-state index contributed by atoms with van der Waals surface area (Å²) in [7, 11) is 0. The second-order valence-electron chi connectivity index (χ2n) is 9.37. The normalized spacial score (nSPS) is 14.1. The number of aromatic nitrogens is 3. The highest BCUT2D eigenvalue weighted by Crippen LogP contribution is 2.38. The molecule has 11 nitrogen and oxygen atoms in total. The van der Waals surface area contributed by atoms with Crippen LogP contribution in [0.3, 0.4) is 0 Å². The number of nitrogens with one attached hydrogen (secondary N) is 2. The number of rotatable bonds is 9. The first-order chi connectivity index (χ1) is 17.0. The highest BCUT2D eigenvalue weighted by Gasteiger charge is 2.26. The van der Waals surface area contributed by atoms with E-state index >= 15 is 0 Å². The fraction of sp³-hybridized carbons (Fsp3) is 0.360. The van der Waals surface area contributed by atoms with E-state index in [9.17, 15) is 24.9 Å². The number of benzene rings is 2. The minimum Gasteiger partial charge on any atom is -0.508 e. The van der Waals surface area contributed by atoms with Crippen molar-refractivity contribution in [3.8, 4) is 22.9 Å². The van der Waals surface area contributed by atoms with Gasteiger partial charge in [0.2, 0.25) is 0 Å². The molecule has 1 aromatic heterocycles. The molecule has 1 unspecified atom stereocenters. The van der Waals surface area contributed by atoms with Crippen LogP contribution in [0.15, 0.2) is 36.4 Å². The number of anilines is 1. The van der Waals surface area contributed by atoms with Crippen LogP contribution in [0.5, 0.6) is 11.5 Å². The lowest BCUT2D eigenvalue weighted by Gasteiger charge is -2.29. The van der Waals surface area contributed by atoms with Gasteiger partial charge < -0.3 is 30.7 Å². The fourth-order valence-electron chi connectivity index (χ4n) is 3.96. The van der Waals surface area contributed by atoms with Gasteiger partial charge in [-0.05, 0) is 45.4 Å². The standard InChI is InChI=1S/C25H29N5O6/c1-14-27-23(15-5-4-6-16(9-15)24(34)35)29-30(14)8-7-25(2,3)26-12-20(32)18-10-17(31)11-19-22(18)36-13-21(33)28-19/h4-6,9-11,20,26,31-32H,7-8,12-13H2,1-3H3,(H,28,33)(H,34,35). The number of aliphatic hydroxyl groups excluding tert-OH is 1. The van der Waals surface area contributed by atoms with Crippen molar-refractivity contribution in [1.82, 2.24) is 20.1 Å². The molecule has 1 atom stereocenters. The Bertz CT molecular complexity index is 1300. The average molecular weight is 496 g/mol. The first kappa shape index (κ1) is 25.1. The Morgan fingerprint density at radius 3 is 2.83 bits per heavy atom. The summed E-state index contributed by atoms with van der Waals surface area (Å²) in [6.45, 7) is 6.41. The van der Waals surface area contributed by atoms with E-state index in [1.54, 1.807) is 22.9 Å². The number of fused-ring (bicyclic) bond motifs is 1. The molecule has 1 amide bonds. The Morgan fingerprint density at radius 1 is 1.31 bits per heavy atom. The van der Waals surface area contributed by atoms with Crippen molar-refractivity contribution in [2.45, 2.75) is 45.4 Å². The molecule has 5 N–H and O–H groups in total. The van der Waals surface area contributed by atoms with Crippen molar-refractivity contribution in [1.29, 1.82) is 0 Å². The predicted molar refractivity (Wildman–Crippen MR) is 131 cm³/mol. The number of aromatic carboxylic acids is 1. The van der Waals surface area contributed by atoms with E-state index < -0.39 is 17.6 Å². The van der Waals surface area contributed by atoms with Crippen LogP contribution < -0.4 is 15.4 Å². The summed E-state index contributed by atoms with van der Waals surface area (Å²) < 4.78 is 7.26. The van der Waals surface area contributed by atoms with Gasteiger partial charge in [-0.15, -0.1) is 0 Å². The van der Waals surface area contributed by atoms with Crippen LogP contribution in [0.25, 0.3) is 11.4 Å². The molecule has 4 rings (SSSR count). The molecule has 1 aliphatic rings. The second kappa shape index (κ2) is 9.96. The monoisotopic (exact) mass is 495 g/mol. The number of aryl methyl sites for hydroxylation is 2. The molecule has 11 heteroatoms. The average Bonchev–Trinajstić information content (AvgIpc) is 3.21. The first-order valence-electron chi connectivity index (χ1n) is 11.5. The Balaban J connectivity index is 1.39. The number of phenols is 1. The number of amides is 1. The van der Waals surface area contributed by atoms with Gasteiger partial charge in [0, 0.05) is 35.8 Å². The molecule has 1 aliphatic heterocycles. The van der Waals surface area contributed by atoms with Crippen molar-refractivity contribution in [3.05, 3.63) is 53.3 Å². The van der Waals surface area contributed by atoms with Gasteiger partial charge in [0.1, 0.15) is 17.3 Å². The lowest BCUT2D eigenvalue weighted by Crippen LogP contribution is -2.42. The van der Waals surface area contributed by atoms with Gasteiger partial charge in [0.05, 0.1) is 17.4 Å². The third-order valence-corrected chi connectivity index (χ3v) is 6.03. The van der Waals surface area contributed by atoms with Crippen molar-refractivity contribution in [2.24, 2.45) is 0 Å². The molecular formula is C25H29N5O6. The van der Waals surface area contributed by atoms with Gasteiger partial charge >= 0.3 is 5.97 Å². The summed E-state index contributed by atoms with van der Waals surface area (Å²) in [6, 6.07) is 9.31. The molecule has 36 heavy (non-hydrogen) atoms. The topological polar surface area (TPSA) is 159 Å². The van der Waals surface area contributed by atoms with Gasteiger partial charge in [0.25, 0.3) is 5.91 Å². The summed E-state index contributed by atoms with van der Waals surface area (Å²) >= 11 is 0. The van der Waals surface area contributed by atoms with Crippen molar-refractivity contribution < 1.29 is 29.6 Å². The Kier molecular flexibility index (Phi) is 6.95. The number of carboxylic acids is 1. The molecule has 2 heterocycles. The smallest absolute Gasteiger partial charge is 0.335 e. The molecule has 0 spiro atoms. The number of aromatic hydroxyl groups is 1. The quantitative estimate of drug-likeness (QED) is 0.301. The SMILES string of the molecule is Cc1nc(-c2cccc(C(=O)O)c2)nn1CCC(C)(C)NCC(O)c1cc(O)cc2c1OCC(=O)N2. The third kappa shape index (κ3) is 5.64. The molecule has 2 aromatic carbocycles. The number of hydrogen-bond donors (Lipinski definition) is 5. The molecule has 0 aliphatic carbocycles. The second-order valence-corrected chi connectivity index (χ2v) is 9.37. The zero-order chi connectivity index (χ0) is 26.0. The number of β-amino-alcohol motifs (C(OH)–C–C–N with tert-alkyl or cyclic N) is 1. The van der Waals surface area contributed by atoms with Crippen LogP contribution in [-0.4, -0.2) is 60.7 Å². The van der Waals surface area contributed by atoms with Crippen LogP contribution in [0.4, 0.5) is 5.69 Å². The molecular weight excluding hydrogens is 466 g/mol. The number of carbonyl (C=O) groups excluding carboxylic acids is 1. The number of hydrogen-bond acceptors (Lipinski definition) is 8. The Morgan fingerprint density at radius 2 is 2.08 bits per heavy atom. The number of phenolic OH excluding ortho intramolecular Hbond substituents is 1. The molecule has 190 valence electrons. The highest BCUT2D eigenvalue weighted by atomic mass is 16.5. The van der Waals surface area contributed by atoms with Gasteiger partial charge in [-0.3, -0.25) is 4.79 Å². The van der Waals surface area contributed by atoms with E-state index in [1.807, 2.05) is 20.8 Å². The largest absolute Gasteiger partial charge is 0.508 e. The van der Waals surface area contributed by atoms with Crippen LogP contribution in [0, 0.1) is 6.92 Å².